The summed E-state index contributed by atoms with van der Waals surface area (Å²) in [7, 11) is 0. The maximum Gasteiger partial charge on any atom is 0.262 e. The molecule has 7 nitrogen and oxygen atoms in total. The second kappa shape index (κ2) is 8.41. The van der Waals surface area contributed by atoms with Crippen LogP contribution in [0, 0.1) is 18.6 Å². The van der Waals surface area contributed by atoms with E-state index in [1.807, 2.05) is 50.2 Å². The van der Waals surface area contributed by atoms with Gasteiger partial charge in [-0.15, -0.1) is 0 Å². The number of amides is 1. The van der Waals surface area contributed by atoms with Crippen molar-refractivity contribution in [1.29, 1.82) is 0 Å². The zero-order chi connectivity index (χ0) is 19.2. The van der Waals surface area contributed by atoms with Crippen molar-refractivity contribution in [2.45, 2.75) is 13.8 Å². The molecule has 0 aliphatic rings. The number of anilines is 1. The molecular formula is C19H19N5O2S. The van der Waals surface area contributed by atoms with Crippen molar-refractivity contribution in [3.8, 4) is 5.75 Å². The summed E-state index contributed by atoms with van der Waals surface area (Å²) in [4.78, 5) is 12.0. The van der Waals surface area contributed by atoms with E-state index in [0.29, 0.717) is 16.3 Å². The molecule has 1 aromatic heterocycles. The summed E-state index contributed by atoms with van der Waals surface area (Å²) in [6.07, 6.45) is 1.67. The molecule has 0 saturated carbocycles. The van der Waals surface area contributed by atoms with Crippen LogP contribution in [-0.2, 0) is 4.79 Å². The Labute approximate surface area is 161 Å². The van der Waals surface area contributed by atoms with Gasteiger partial charge in [0.15, 0.2) is 6.61 Å². The lowest BCUT2D eigenvalue weighted by Gasteiger charge is -2.08. The van der Waals surface area contributed by atoms with Gasteiger partial charge in [0.25, 0.3) is 5.91 Å². The highest BCUT2D eigenvalue weighted by atomic mass is 32.1. The topological polar surface area (TPSA) is 84.3 Å². The number of rotatable bonds is 6. The smallest absolute Gasteiger partial charge is 0.262 e. The Kier molecular flexibility index (Phi) is 5.77. The SMILES string of the molecule is Cc1ccc(NC(=O)COc2ccc(C=Nn3c(C)n[nH]c3=S)cc2)cc1. The Morgan fingerprint density at radius 3 is 2.56 bits per heavy atom. The van der Waals surface area contributed by atoms with E-state index in [9.17, 15) is 4.79 Å². The number of H-pyrrole nitrogens is 1. The molecule has 8 heteroatoms. The Hall–Kier alpha value is -3.26. The first-order valence-corrected chi connectivity index (χ1v) is 8.70. The second-order valence-corrected chi connectivity index (χ2v) is 6.29. The fourth-order valence-electron chi connectivity index (χ4n) is 2.26. The number of carbonyl (C=O) groups excluding carboxylic acids is 1. The molecule has 0 fully saturated rings. The van der Waals surface area contributed by atoms with Gasteiger partial charge in [-0.2, -0.15) is 14.9 Å². The van der Waals surface area contributed by atoms with Gasteiger partial charge in [-0.05, 0) is 68.0 Å². The average molecular weight is 381 g/mol. The van der Waals surface area contributed by atoms with Crippen LogP contribution in [0.15, 0.2) is 53.6 Å². The van der Waals surface area contributed by atoms with Crippen LogP contribution in [0.2, 0.25) is 0 Å². The van der Waals surface area contributed by atoms with E-state index in [0.717, 1.165) is 16.8 Å². The number of nitrogens with one attached hydrogen (secondary N) is 2. The van der Waals surface area contributed by atoms with Crippen LogP contribution in [0.3, 0.4) is 0 Å². The van der Waals surface area contributed by atoms with Gasteiger partial charge in [0.1, 0.15) is 11.6 Å². The third-order valence-electron chi connectivity index (χ3n) is 3.72. The fourth-order valence-corrected chi connectivity index (χ4v) is 2.49. The van der Waals surface area contributed by atoms with Gasteiger partial charge >= 0.3 is 0 Å². The normalized spacial score (nSPS) is 10.9. The Bertz CT molecular complexity index is 1000. The van der Waals surface area contributed by atoms with Gasteiger partial charge < -0.3 is 10.1 Å². The summed E-state index contributed by atoms with van der Waals surface area (Å²) in [6, 6.07) is 14.8. The first-order chi connectivity index (χ1) is 13.0. The van der Waals surface area contributed by atoms with E-state index in [2.05, 4.69) is 20.6 Å². The molecule has 0 atom stereocenters. The lowest BCUT2D eigenvalue weighted by atomic mass is 10.2. The summed E-state index contributed by atoms with van der Waals surface area (Å²) in [5.41, 5.74) is 2.75. The molecule has 0 spiro atoms. The number of nitrogens with zero attached hydrogens (tertiary/aromatic N) is 3. The fraction of sp³-hybridized carbons (Fsp3) is 0.158. The molecule has 27 heavy (non-hydrogen) atoms. The van der Waals surface area contributed by atoms with E-state index >= 15 is 0 Å². The minimum Gasteiger partial charge on any atom is -0.484 e. The Balaban J connectivity index is 1.54. The molecule has 3 aromatic rings. The molecule has 0 bridgehead atoms. The molecule has 138 valence electrons. The summed E-state index contributed by atoms with van der Waals surface area (Å²) >= 11 is 5.09. The van der Waals surface area contributed by atoms with E-state index in [-0.39, 0.29) is 12.5 Å². The van der Waals surface area contributed by atoms with Gasteiger partial charge in [0.05, 0.1) is 6.21 Å². The van der Waals surface area contributed by atoms with Gasteiger partial charge in [-0.3, -0.25) is 9.89 Å². The van der Waals surface area contributed by atoms with E-state index < -0.39 is 0 Å². The zero-order valence-electron chi connectivity index (χ0n) is 15.0. The first-order valence-electron chi connectivity index (χ1n) is 8.29. The predicted molar refractivity (Wildman–Crippen MR) is 107 cm³/mol. The second-order valence-electron chi connectivity index (χ2n) is 5.90. The largest absolute Gasteiger partial charge is 0.484 e. The summed E-state index contributed by atoms with van der Waals surface area (Å²) in [6.45, 7) is 3.74. The molecule has 3 rings (SSSR count). The van der Waals surface area contributed by atoms with E-state index in [4.69, 9.17) is 17.0 Å². The quantitative estimate of drug-likeness (QED) is 0.506. The molecule has 0 radical (unpaired) electrons. The Morgan fingerprint density at radius 1 is 1.22 bits per heavy atom. The van der Waals surface area contributed by atoms with Crippen LogP contribution in [0.4, 0.5) is 5.69 Å². The summed E-state index contributed by atoms with van der Waals surface area (Å²) < 4.78 is 7.48. The maximum atomic E-state index is 12.0. The molecule has 2 aromatic carbocycles. The molecule has 0 aliphatic heterocycles. The van der Waals surface area contributed by atoms with Crippen LogP contribution in [0.5, 0.6) is 5.75 Å². The minimum atomic E-state index is -0.214. The number of hydrogen-bond donors (Lipinski definition) is 2. The van der Waals surface area contributed by atoms with Crippen molar-refractivity contribution in [2.24, 2.45) is 5.10 Å². The highest BCUT2D eigenvalue weighted by Crippen LogP contribution is 2.12. The third kappa shape index (κ3) is 5.11. The van der Waals surface area contributed by atoms with Crippen molar-refractivity contribution in [3.63, 3.8) is 0 Å². The number of aromatic amines is 1. The molecule has 0 aliphatic carbocycles. The van der Waals surface area contributed by atoms with E-state index in [1.54, 1.807) is 18.3 Å². The third-order valence-corrected chi connectivity index (χ3v) is 3.98. The summed E-state index contributed by atoms with van der Waals surface area (Å²) in [5.74, 6) is 1.06. The van der Waals surface area contributed by atoms with Crippen molar-refractivity contribution < 1.29 is 9.53 Å². The Morgan fingerprint density at radius 2 is 1.93 bits per heavy atom. The number of benzene rings is 2. The number of ether oxygens (including phenoxy) is 1. The van der Waals surface area contributed by atoms with Crippen molar-refractivity contribution in [3.05, 3.63) is 70.3 Å². The number of aromatic nitrogens is 3. The minimum absolute atomic E-state index is 0.0648. The van der Waals surface area contributed by atoms with Gasteiger partial charge in [0.2, 0.25) is 4.77 Å². The molecule has 2 N–H and O–H groups in total. The van der Waals surface area contributed by atoms with E-state index in [1.165, 1.54) is 4.68 Å². The lowest BCUT2D eigenvalue weighted by Crippen LogP contribution is -2.20. The zero-order valence-corrected chi connectivity index (χ0v) is 15.8. The van der Waals surface area contributed by atoms with Crippen LogP contribution >= 0.6 is 12.2 Å². The highest BCUT2D eigenvalue weighted by Gasteiger charge is 2.04. The molecule has 1 amide bonds. The first kappa shape index (κ1) is 18.5. The number of carbonyl (C=O) groups is 1. The molecule has 0 saturated heterocycles. The van der Waals surface area contributed by atoms with Crippen LogP contribution in [-0.4, -0.2) is 33.6 Å². The predicted octanol–water partition coefficient (Wildman–Crippen LogP) is 3.46. The average Bonchev–Trinajstić information content (AvgIpc) is 2.99. The molecule has 0 unspecified atom stereocenters. The number of aryl methyl sites for hydroxylation is 2. The van der Waals surface area contributed by atoms with Crippen LogP contribution < -0.4 is 10.1 Å². The summed E-state index contributed by atoms with van der Waals surface area (Å²) in [5, 5.41) is 13.7. The van der Waals surface area contributed by atoms with Crippen molar-refractivity contribution in [2.75, 3.05) is 11.9 Å². The molecular weight excluding hydrogens is 362 g/mol. The lowest BCUT2D eigenvalue weighted by molar-refractivity contribution is -0.118. The monoisotopic (exact) mass is 381 g/mol. The highest BCUT2D eigenvalue weighted by molar-refractivity contribution is 7.71. The van der Waals surface area contributed by atoms with Gasteiger partial charge in [-0.25, -0.2) is 0 Å². The van der Waals surface area contributed by atoms with Crippen LogP contribution in [0.25, 0.3) is 0 Å². The van der Waals surface area contributed by atoms with Crippen molar-refractivity contribution >= 4 is 30.0 Å². The van der Waals surface area contributed by atoms with Crippen molar-refractivity contribution in [1.82, 2.24) is 14.9 Å². The standard InChI is InChI=1S/C19H19N5O2S/c1-13-3-7-16(8-4-13)21-18(25)12-26-17-9-5-15(6-10-17)11-20-24-14(2)22-23-19(24)27/h3-11H,12H2,1-2H3,(H,21,25)(H,23,27). The van der Waals surface area contributed by atoms with Gasteiger partial charge in [0, 0.05) is 5.69 Å². The number of hydrogen-bond acceptors (Lipinski definition) is 5. The molecule has 1 heterocycles. The maximum absolute atomic E-state index is 12.0. The van der Waals surface area contributed by atoms with Gasteiger partial charge in [-0.1, -0.05) is 17.7 Å². The van der Waals surface area contributed by atoms with Crippen LogP contribution in [0.1, 0.15) is 17.0 Å².